The quantitative estimate of drug-likeness (QED) is 0.517. The van der Waals surface area contributed by atoms with Crippen molar-refractivity contribution in [3.8, 4) is 11.1 Å². The van der Waals surface area contributed by atoms with E-state index in [-0.39, 0.29) is 5.95 Å². The molecule has 0 unspecified atom stereocenters. The molecule has 3 rings (SSSR count). The number of unbranched alkanes of at least 4 members (excludes halogenated alkanes) is 1. The highest BCUT2D eigenvalue weighted by Crippen LogP contribution is 2.36. The van der Waals surface area contributed by atoms with Crippen LogP contribution < -0.4 is 0 Å². The predicted octanol–water partition coefficient (Wildman–Crippen LogP) is 6.70. The van der Waals surface area contributed by atoms with Gasteiger partial charge in [0, 0.05) is 12.1 Å². The van der Waals surface area contributed by atoms with Gasteiger partial charge in [0.25, 0.3) is 0 Å². The smallest absolute Gasteiger partial charge is 0.224 e. The number of hydrogen-bond acceptors (Lipinski definition) is 2. The number of aryl methyl sites for hydroxylation is 1. The van der Waals surface area contributed by atoms with Crippen LogP contribution in [0.4, 0.5) is 4.39 Å². The van der Waals surface area contributed by atoms with E-state index in [0.717, 1.165) is 37.2 Å². The zero-order chi connectivity index (χ0) is 18.4. The van der Waals surface area contributed by atoms with Gasteiger partial charge in [-0.1, -0.05) is 63.8 Å². The van der Waals surface area contributed by atoms with Crippen LogP contribution in [0.5, 0.6) is 0 Å². The van der Waals surface area contributed by atoms with Crippen molar-refractivity contribution in [3.05, 3.63) is 47.8 Å². The number of nitrogens with zero attached hydrogens (tertiary/aromatic N) is 2. The summed E-state index contributed by atoms with van der Waals surface area (Å²) in [7, 11) is 0. The lowest BCUT2D eigenvalue weighted by Crippen LogP contribution is -2.16. The van der Waals surface area contributed by atoms with Gasteiger partial charge in [-0.05, 0) is 49.1 Å². The van der Waals surface area contributed by atoms with E-state index in [4.69, 9.17) is 0 Å². The summed E-state index contributed by atoms with van der Waals surface area (Å²) in [5, 5.41) is 0. The minimum absolute atomic E-state index is 0.323. The molecule has 1 aliphatic rings. The Kier molecular flexibility index (Phi) is 6.76. The third-order valence-corrected chi connectivity index (χ3v) is 5.74. The fraction of sp³-hybridized carbons (Fsp3) is 0.565. The van der Waals surface area contributed by atoms with E-state index in [1.807, 2.05) is 12.1 Å². The number of rotatable bonds is 7. The molecule has 0 atom stereocenters. The van der Waals surface area contributed by atoms with Gasteiger partial charge in [0.05, 0.1) is 5.56 Å². The van der Waals surface area contributed by atoms with Crippen LogP contribution in [0, 0.1) is 11.9 Å². The van der Waals surface area contributed by atoms with Gasteiger partial charge in [0.2, 0.25) is 5.95 Å². The zero-order valence-electron chi connectivity index (χ0n) is 16.2. The van der Waals surface area contributed by atoms with Crippen molar-refractivity contribution in [1.29, 1.82) is 0 Å². The number of benzene rings is 1. The first-order valence-corrected chi connectivity index (χ1v) is 10.3. The maximum Gasteiger partial charge on any atom is 0.224 e. The molecule has 2 aromatic rings. The number of aromatic nitrogens is 2. The molecule has 1 heterocycles. The largest absolute Gasteiger partial charge is 0.240 e. The van der Waals surface area contributed by atoms with Gasteiger partial charge in [0.15, 0.2) is 0 Å². The van der Waals surface area contributed by atoms with E-state index < -0.39 is 0 Å². The second-order valence-corrected chi connectivity index (χ2v) is 7.74. The van der Waals surface area contributed by atoms with Gasteiger partial charge in [0.1, 0.15) is 5.82 Å². The molecular formula is C23H31FN2. The third-order valence-electron chi connectivity index (χ3n) is 5.74. The summed E-state index contributed by atoms with van der Waals surface area (Å²) >= 11 is 0. The normalized spacial score (nSPS) is 20.3. The Morgan fingerprint density at radius 3 is 2.35 bits per heavy atom. The van der Waals surface area contributed by atoms with Crippen LogP contribution in [0.25, 0.3) is 11.1 Å². The maximum absolute atomic E-state index is 14.6. The highest BCUT2D eigenvalue weighted by Gasteiger charge is 2.24. The summed E-state index contributed by atoms with van der Waals surface area (Å²) in [5.74, 6) is 1.48. The van der Waals surface area contributed by atoms with Crippen LogP contribution in [0.15, 0.2) is 30.5 Å². The highest BCUT2D eigenvalue weighted by atomic mass is 19.1. The SMILES string of the molecule is CCCC[C@H]1CC[C@H](c2ncc(-c3ccc(CCC)cc3)c(F)n2)CC1. The first-order chi connectivity index (χ1) is 12.7. The molecule has 1 saturated carbocycles. The molecule has 0 spiro atoms. The highest BCUT2D eigenvalue weighted by molar-refractivity contribution is 5.62. The molecule has 0 amide bonds. The van der Waals surface area contributed by atoms with Crippen LogP contribution in [-0.2, 0) is 6.42 Å². The molecule has 3 heteroatoms. The lowest BCUT2D eigenvalue weighted by Gasteiger charge is -2.27. The summed E-state index contributed by atoms with van der Waals surface area (Å²) in [5.41, 5.74) is 2.65. The topological polar surface area (TPSA) is 25.8 Å². The Bertz CT molecular complexity index is 688. The van der Waals surface area contributed by atoms with E-state index in [0.29, 0.717) is 17.3 Å². The molecule has 0 bridgehead atoms. The van der Waals surface area contributed by atoms with Crippen LogP contribution in [-0.4, -0.2) is 9.97 Å². The number of hydrogen-bond donors (Lipinski definition) is 0. The Balaban J connectivity index is 1.66. The average Bonchev–Trinajstić information content (AvgIpc) is 2.68. The maximum atomic E-state index is 14.6. The van der Waals surface area contributed by atoms with Crippen molar-refractivity contribution in [2.45, 2.75) is 77.6 Å². The molecule has 0 aliphatic heterocycles. The van der Waals surface area contributed by atoms with Crippen molar-refractivity contribution in [2.75, 3.05) is 0 Å². The first-order valence-electron chi connectivity index (χ1n) is 10.3. The van der Waals surface area contributed by atoms with Gasteiger partial charge in [-0.3, -0.25) is 0 Å². The lowest BCUT2D eigenvalue weighted by molar-refractivity contribution is 0.297. The molecule has 140 valence electrons. The number of halogens is 1. The molecular weight excluding hydrogens is 323 g/mol. The summed E-state index contributed by atoms with van der Waals surface area (Å²) < 4.78 is 14.6. The lowest BCUT2D eigenvalue weighted by atomic mass is 9.79. The van der Waals surface area contributed by atoms with Gasteiger partial charge in [-0.15, -0.1) is 0 Å². The van der Waals surface area contributed by atoms with E-state index in [1.54, 1.807) is 6.20 Å². The van der Waals surface area contributed by atoms with Crippen molar-refractivity contribution in [1.82, 2.24) is 9.97 Å². The van der Waals surface area contributed by atoms with Crippen LogP contribution in [0.1, 0.15) is 82.5 Å². The Morgan fingerprint density at radius 1 is 1.00 bits per heavy atom. The zero-order valence-corrected chi connectivity index (χ0v) is 16.2. The van der Waals surface area contributed by atoms with Gasteiger partial charge in [-0.25, -0.2) is 9.97 Å². The van der Waals surface area contributed by atoms with Gasteiger partial charge < -0.3 is 0 Å². The fourth-order valence-corrected chi connectivity index (χ4v) is 4.11. The summed E-state index contributed by atoms with van der Waals surface area (Å²) in [4.78, 5) is 8.78. The van der Waals surface area contributed by atoms with Crippen molar-refractivity contribution < 1.29 is 4.39 Å². The van der Waals surface area contributed by atoms with Crippen molar-refractivity contribution in [2.24, 2.45) is 5.92 Å². The van der Waals surface area contributed by atoms with Crippen LogP contribution in [0.3, 0.4) is 0 Å². The Morgan fingerprint density at radius 2 is 1.73 bits per heavy atom. The summed E-state index contributed by atoms with van der Waals surface area (Å²) in [6.07, 6.45) is 12.4. The minimum Gasteiger partial charge on any atom is -0.240 e. The minimum atomic E-state index is -0.383. The molecule has 0 N–H and O–H groups in total. The van der Waals surface area contributed by atoms with Crippen LogP contribution >= 0.6 is 0 Å². The second kappa shape index (κ2) is 9.25. The monoisotopic (exact) mass is 354 g/mol. The third kappa shape index (κ3) is 4.69. The van der Waals surface area contributed by atoms with Crippen LogP contribution in [0.2, 0.25) is 0 Å². The summed E-state index contributed by atoms with van der Waals surface area (Å²) in [6, 6.07) is 8.10. The summed E-state index contributed by atoms with van der Waals surface area (Å²) in [6.45, 7) is 4.42. The predicted molar refractivity (Wildman–Crippen MR) is 106 cm³/mol. The van der Waals surface area contributed by atoms with E-state index in [2.05, 4.69) is 35.9 Å². The molecule has 26 heavy (non-hydrogen) atoms. The molecule has 1 fully saturated rings. The Labute approximate surface area is 157 Å². The standard InChI is InChI=1S/C23H31FN2/c1-3-5-7-18-10-14-20(15-11-18)23-25-16-21(22(24)26-23)19-12-8-17(6-4-2)9-13-19/h8-9,12-13,16,18,20H,3-7,10-11,14-15H2,1-2H3/t18-,20-. The van der Waals surface area contributed by atoms with E-state index in [9.17, 15) is 4.39 Å². The Hall–Kier alpha value is -1.77. The first kappa shape index (κ1) is 19.0. The fourth-order valence-electron chi connectivity index (χ4n) is 4.11. The molecule has 2 nitrogen and oxygen atoms in total. The molecule has 0 saturated heterocycles. The molecule has 1 aromatic heterocycles. The van der Waals surface area contributed by atoms with Gasteiger partial charge >= 0.3 is 0 Å². The second-order valence-electron chi connectivity index (χ2n) is 7.74. The van der Waals surface area contributed by atoms with E-state index >= 15 is 0 Å². The van der Waals surface area contributed by atoms with Crippen molar-refractivity contribution >= 4 is 0 Å². The molecule has 1 aromatic carbocycles. The molecule has 0 radical (unpaired) electrons. The molecule has 1 aliphatic carbocycles. The van der Waals surface area contributed by atoms with E-state index in [1.165, 1.54) is 37.7 Å². The van der Waals surface area contributed by atoms with Gasteiger partial charge in [-0.2, -0.15) is 4.39 Å². The average molecular weight is 355 g/mol. The van der Waals surface area contributed by atoms with Crippen molar-refractivity contribution in [3.63, 3.8) is 0 Å².